The third-order valence-corrected chi connectivity index (χ3v) is 2.16. The van der Waals surface area contributed by atoms with Gasteiger partial charge >= 0.3 is 0 Å². The van der Waals surface area contributed by atoms with E-state index in [0.29, 0.717) is 5.92 Å². The van der Waals surface area contributed by atoms with Gasteiger partial charge in [-0.25, -0.2) is 0 Å². The maximum atomic E-state index is 8.52. The average Bonchev–Trinajstić information content (AvgIpc) is 2.44. The van der Waals surface area contributed by atoms with Crippen molar-refractivity contribution in [2.24, 2.45) is 11.3 Å². The number of hydrogen-bond donors (Lipinski definition) is 0. The predicted octanol–water partition coefficient (Wildman–Crippen LogP) is 1.95. The summed E-state index contributed by atoms with van der Waals surface area (Å²) in [6.07, 6.45) is 2.30. The Morgan fingerprint density at radius 3 is 2.62 bits per heavy atom. The van der Waals surface area contributed by atoms with Gasteiger partial charge in [0.25, 0.3) is 0 Å². The molecule has 1 aliphatic carbocycles. The number of rotatable bonds is 1. The van der Waals surface area contributed by atoms with Crippen molar-refractivity contribution in [3.8, 4) is 6.07 Å². The van der Waals surface area contributed by atoms with Crippen LogP contribution in [0.2, 0.25) is 0 Å². The number of hydrogen-bond acceptors (Lipinski definition) is 1. The van der Waals surface area contributed by atoms with Crippen molar-refractivity contribution in [1.29, 1.82) is 5.26 Å². The first-order valence-electron chi connectivity index (χ1n) is 3.14. The smallest absolute Gasteiger partial charge is 0.0689 e. The fourth-order valence-electron chi connectivity index (χ4n) is 1.18. The molecule has 1 aliphatic rings. The Bertz CT molecular complexity index is 134. The Balaban J connectivity index is 2.46. The standard InChI is InChI=1S/C7H11N/c1-3-6-4-7(6,2)5-8/h6H,3-4H2,1-2H3/t6-,7+/m0/s1. The monoisotopic (exact) mass is 109 g/mol. The predicted molar refractivity (Wildman–Crippen MR) is 32.1 cm³/mol. The van der Waals surface area contributed by atoms with Crippen molar-refractivity contribution in [3.63, 3.8) is 0 Å². The molecule has 1 rings (SSSR count). The van der Waals surface area contributed by atoms with Gasteiger partial charge < -0.3 is 0 Å². The van der Waals surface area contributed by atoms with Crippen LogP contribution in [0.5, 0.6) is 0 Å². The van der Waals surface area contributed by atoms with Gasteiger partial charge in [0, 0.05) is 0 Å². The lowest BCUT2D eigenvalue weighted by Crippen LogP contribution is -1.90. The van der Waals surface area contributed by atoms with Crippen LogP contribution in [0.1, 0.15) is 26.7 Å². The first kappa shape index (κ1) is 5.62. The molecule has 0 N–H and O–H groups in total. The molecular formula is C7H11N. The van der Waals surface area contributed by atoms with Gasteiger partial charge in [-0.2, -0.15) is 5.26 Å². The molecule has 2 atom stereocenters. The van der Waals surface area contributed by atoms with Crippen molar-refractivity contribution in [2.75, 3.05) is 0 Å². The highest BCUT2D eigenvalue weighted by Crippen LogP contribution is 2.53. The van der Waals surface area contributed by atoms with Crippen molar-refractivity contribution < 1.29 is 0 Å². The number of nitrogens with zero attached hydrogens (tertiary/aromatic N) is 1. The molecular weight excluding hydrogens is 98.1 g/mol. The van der Waals surface area contributed by atoms with E-state index in [0.717, 1.165) is 6.42 Å². The molecule has 0 spiro atoms. The van der Waals surface area contributed by atoms with Crippen molar-refractivity contribution >= 4 is 0 Å². The van der Waals surface area contributed by atoms with Gasteiger partial charge in [0.2, 0.25) is 0 Å². The summed E-state index contributed by atoms with van der Waals surface area (Å²) in [5, 5.41) is 8.52. The quantitative estimate of drug-likeness (QED) is 0.505. The molecule has 1 fully saturated rings. The van der Waals surface area contributed by atoms with E-state index < -0.39 is 0 Å². The first-order valence-corrected chi connectivity index (χ1v) is 3.14. The van der Waals surface area contributed by atoms with Crippen LogP contribution in [-0.4, -0.2) is 0 Å². The van der Waals surface area contributed by atoms with E-state index in [1.165, 1.54) is 6.42 Å². The van der Waals surface area contributed by atoms with E-state index in [1.54, 1.807) is 0 Å². The molecule has 0 saturated heterocycles. The Morgan fingerprint density at radius 2 is 2.50 bits per heavy atom. The van der Waals surface area contributed by atoms with E-state index in [-0.39, 0.29) is 5.41 Å². The van der Waals surface area contributed by atoms with Crippen LogP contribution in [0.4, 0.5) is 0 Å². The molecule has 0 amide bonds. The highest BCUT2D eigenvalue weighted by molar-refractivity contribution is 5.12. The zero-order chi connectivity index (χ0) is 6.20. The summed E-state index contributed by atoms with van der Waals surface area (Å²) in [6, 6.07) is 2.32. The van der Waals surface area contributed by atoms with Crippen LogP contribution in [0, 0.1) is 22.7 Å². The molecule has 0 heterocycles. The van der Waals surface area contributed by atoms with Gasteiger partial charge in [-0.3, -0.25) is 0 Å². The maximum Gasteiger partial charge on any atom is 0.0689 e. The van der Waals surface area contributed by atoms with Gasteiger partial charge in [0.1, 0.15) is 0 Å². The van der Waals surface area contributed by atoms with Crippen LogP contribution in [-0.2, 0) is 0 Å². The minimum atomic E-state index is 0.0642. The molecule has 1 saturated carbocycles. The van der Waals surface area contributed by atoms with Gasteiger partial charge in [-0.15, -0.1) is 0 Å². The van der Waals surface area contributed by atoms with Gasteiger partial charge in [-0.1, -0.05) is 13.3 Å². The lowest BCUT2D eigenvalue weighted by atomic mass is 10.1. The molecule has 0 radical (unpaired) electrons. The second-order valence-corrected chi connectivity index (χ2v) is 2.84. The van der Waals surface area contributed by atoms with E-state index in [9.17, 15) is 0 Å². The molecule has 0 aromatic rings. The van der Waals surface area contributed by atoms with Gasteiger partial charge in [-0.05, 0) is 19.3 Å². The Labute approximate surface area is 50.3 Å². The van der Waals surface area contributed by atoms with Gasteiger partial charge in [0.15, 0.2) is 0 Å². The minimum absolute atomic E-state index is 0.0642. The highest BCUT2D eigenvalue weighted by atomic mass is 14.5. The summed E-state index contributed by atoms with van der Waals surface area (Å²) in [5.41, 5.74) is 0.0642. The molecule has 0 aromatic carbocycles. The minimum Gasteiger partial charge on any atom is -0.198 e. The van der Waals surface area contributed by atoms with Crippen LogP contribution in [0.15, 0.2) is 0 Å². The van der Waals surface area contributed by atoms with Crippen LogP contribution in [0.25, 0.3) is 0 Å². The maximum absolute atomic E-state index is 8.52. The van der Waals surface area contributed by atoms with Crippen LogP contribution < -0.4 is 0 Å². The lowest BCUT2D eigenvalue weighted by molar-refractivity contribution is 0.624. The molecule has 0 unspecified atom stereocenters. The van der Waals surface area contributed by atoms with Crippen LogP contribution in [0.3, 0.4) is 0 Å². The summed E-state index contributed by atoms with van der Waals surface area (Å²) in [5.74, 6) is 0.701. The zero-order valence-corrected chi connectivity index (χ0v) is 5.44. The largest absolute Gasteiger partial charge is 0.198 e. The molecule has 0 bridgehead atoms. The topological polar surface area (TPSA) is 23.8 Å². The van der Waals surface area contributed by atoms with E-state index in [2.05, 4.69) is 13.0 Å². The normalized spacial score (nSPS) is 43.4. The van der Waals surface area contributed by atoms with Crippen LogP contribution >= 0.6 is 0 Å². The fraction of sp³-hybridized carbons (Fsp3) is 0.857. The SMILES string of the molecule is CC[C@H]1C[C@]1(C)C#N. The summed E-state index contributed by atoms with van der Waals surface area (Å²) in [6.45, 7) is 4.19. The molecule has 0 aromatic heterocycles. The van der Waals surface area contributed by atoms with Gasteiger partial charge in [0.05, 0.1) is 11.5 Å². The summed E-state index contributed by atoms with van der Waals surface area (Å²) in [7, 11) is 0. The van der Waals surface area contributed by atoms with Crippen molar-refractivity contribution in [2.45, 2.75) is 26.7 Å². The third-order valence-electron chi connectivity index (χ3n) is 2.16. The number of nitriles is 1. The molecule has 44 valence electrons. The molecule has 1 heteroatoms. The van der Waals surface area contributed by atoms with E-state index in [4.69, 9.17) is 5.26 Å². The summed E-state index contributed by atoms with van der Waals surface area (Å²) in [4.78, 5) is 0. The third kappa shape index (κ3) is 0.608. The summed E-state index contributed by atoms with van der Waals surface area (Å²) < 4.78 is 0. The van der Waals surface area contributed by atoms with Crippen molar-refractivity contribution in [1.82, 2.24) is 0 Å². The average molecular weight is 109 g/mol. The highest BCUT2D eigenvalue weighted by Gasteiger charge is 2.48. The lowest BCUT2D eigenvalue weighted by Gasteiger charge is -1.92. The second-order valence-electron chi connectivity index (χ2n) is 2.84. The second kappa shape index (κ2) is 1.48. The van der Waals surface area contributed by atoms with E-state index >= 15 is 0 Å². The summed E-state index contributed by atoms with van der Waals surface area (Å²) >= 11 is 0. The fourth-order valence-corrected chi connectivity index (χ4v) is 1.18. The van der Waals surface area contributed by atoms with Crippen molar-refractivity contribution in [3.05, 3.63) is 0 Å². The Morgan fingerprint density at radius 1 is 1.88 bits per heavy atom. The molecule has 8 heavy (non-hydrogen) atoms. The Kier molecular flexibility index (Phi) is 1.04. The molecule has 0 aliphatic heterocycles. The Hall–Kier alpha value is -0.510. The zero-order valence-electron chi connectivity index (χ0n) is 5.44. The first-order chi connectivity index (χ1) is 3.73. The van der Waals surface area contributed by atoms with E-state index in [1.807, 2.05) is 6.92 Å². The molecule has 1 nitrogen and oxygen atoms in total.